The molecule has 1 unspecified atom stereocenters. The van der Waals surface area contributed by atoms with Crippen LogP contribution in [0.4, 0.5) is 0 Å². The van der Waals surface area contributed by atoms with E-state index in [1.165, 1.54) is 38.5 Å². The van der Waals surface area contributed by atoms with Crippen LogP contribution in [0.1, 0.15) is 31.1 Å². The zero-order chi connectivity index (χ0) is 15.6. The Bertz CT molecular complexity index is 584. The number of hydrogen-bond donors (Lipinski definition) is 0. The Labute approximate surface area is 119 Å². The van der Waals surface area contributed by atoms with E-state index in [9.17, 15) is 13.2 Å². The van der Waals surface area contributed by atoms with Crippen LogP contribution in [0.3, 0.4) is 0 Å². The van der Waals surface area contributed by atoms with Gasteiger partial charge in [0.15, 0.2) is 5.44 Å². The number of hydrogen-bond acceptors (Lipinski definition) is 5. The predicted octanol–water partition coefficient (Wildman–Crippen LogP) is 2.27. The molecule has 1 aromatic carbocycles. The number of esters is 1. The van der Waals surface area contributed by atoms with Crippen LogP contribution in [0.15, 0.2) is 29.2 Å². The first-order valence-corrected chi connectivity index (χ1v) is 7.64. The maximum atomic E-state index is 12.6. The van der Waals surface area contributed by atoms with Gasteiger partial charge in [0.25, 0.3) is 0 Å². The number of sulfone groups is 1. The monoisotopic (exact) mass is 300 g/mol. The zero-order valence-corrected chi connectivity index (χ0v) is 13.2. The van der Waals surface area contributed by atoms with Crippen molar-refractivity contribution in [1.82, 2.24) is 0 Å². The highest BCUT2D eigenvalue weighted by molar-refractivity contribution is 7.92. The van der Waals surface area contributed by atoms with Gasteiger partial charge in [-0.15, -0.1) is 0 Å². The highest BCUT2D eigenvalue weighted by Crippen LogP contribution is 2.31. The van der Waals surface area contributed by atoms with Gasteiger partial charge in [0, 0.05) is 12.5 Å². The van der Waals surface area contributed by atoms with E-state index < -0.39 is 26.7 Å². The van der Waals surface area contributed by atoms with E-state index in [-0.39, 0.29) is 10.5 Å². The summed E-state index contributed by atoms with van der Waals surface area (Å²) in [7, 11) is -1.10. The minimum absolute atomic E-state index is 0.0437. The average molecular weight is 300 g/mol. The summed E-state index contributed by atoms with van der Waals surface area (Å²) >= 11 is 0. The van der Waals surface area contributed by atoms with E-state index in [1.807, 2.05) is 0 Å². The fourth-order valence-corrected chi connectivity index (χ4v) is 3.98. The molecule has 0 saturated carbocycles. The highest BCUT2D eigenvalue weighted by atomic mass is 32.2. The summed E-state index contributed by atoms with van der Waals surface area (Å²) in [6.45, 7) is 5.34. The molecule has 0 saturated heterocycles. The van der Waals surface area contributed by atoms with Crippen LogP contribution in [-0.4, -0.2) is 34.0 Å². The molecule has 1 rings (SSSR count). The van der Waals surface area contributed by atoms with Crippen molar-refractivity contribution in [2.45, 2.75) is 31.1 Å². The summed E-state index contributed by atoms with van der Waals surface area (Å²) in [4.78, 5) is 11.5. The molecular weight excluding hydrogens is 280 g/mol. The quantitative estimate of drug-likeness (QED) is 0.798. The summed E-state index contributed by atoms with van der Waals surface area (Å²) in [5.41, 5.74) is -1.39. The Morgan fingerprint density at radius 3 is 2.25 bits per heavy atom. The van der Waals surface area contributed by atoms with Crippen molar-refractivity contribution in [3.63, 3.8) is 0 Å². The van der Waals surface area contributed by atoms with Gasteiger partial charge in [-0.05, 0) is 18.2 Å². The number of methoxy groups -OCH3 is 2. The molecule has 0 aliphatic rings. The zero-order valence-electron chi connectivity index (χ0n) is 12.3. The SMILES string of the molecule is COC(=O)c1cccc(S(=O)(=O)C(OC)C(C)(C)C)c1. The smallest absolute Gasteiger partial charge is 0.337 e. The maximum Gasteiger partial charge on any atom is 0.337 e. The van der Waals surface area contributed by atoms with Gasteiger partial charge in [-0.1, -0.05) is 26.8 Å². The van der Waals surface area contributed by atoms with E-state index in [4.69, 9.17) is 4.74 Å². The third-order valence-corrected chi connectivity index (χ3v) is 5.16. The Balaban J connectivity index is 3.32. The molecule has 5 nitrogen and oxygen atoms in total. The molecule has 20 heavy (non-hydrogen) atoms. The molecule has 1 atom stereocenters. The van der Waals surface area contributed by atoms with Gasteiger partial charge in [-0.2, -0.15) is 0 Å². The largest absolute Gasteiger partial charge is 0.465 e. The summed E-state index contributed by atoms with van der Waals surface area (Å²) in [6.07, 6.45) is 0. The van der Waals surface area contributed by atoms with Gasteiger partial charge < -0.3 is 9.47 Å². The normalized spacial score (nSPS) is 13.8. The highest BCUT2D eigenvalue weighted by Gasteiger charge is 2.37. The second-order valence-electron chi connectivity index (χ2n) is 5.50. The molecule has 0 aromatic heterocycles. The molecule has 0 N–H and O–H groups in total. The van der Waals surface area contributed by atoms with Crippen molar-refractivity contribution in [1.29, 1.82) is 0 Å². The van der Waals surface area contributed by atoms with Crippen molar-refractivity contribution in [2.75, 3.05) is 14.2 Å². The molecule has 0 fully saturated rings. The molecule has 0 heterocycles. The van der Waals surface area contributed by atoms with Crippen LogP contribution in [0.5, 0.6) is 0 Å². The second kappa shape index (κ2) is 5.93. The van der Waals surface area contributed by atoms with Crippen LogP contribution in [0.2, 0.25) is 0 Å². The molecule has 0 bridgehead atoms. The summed E-state index contributed by atoms with van der Waals surface area (Å²) in [6, 6.07) is 5.76. The van der Waals surface area contributed by atoms with Crippen molar-refractivity contribution in [3.8, 4) is 0 Å². The molecule has 6 heteroatoms. The van der Waals surface area contributed by atoms with E-state index in [2.05, 4.69) is 4.74 Å². The van der Waals surface area contributed by atoms with Crippen molar-refractivity contribution in [3.05, 3.63) is 29.8 Å². The van der Waals surface area contributed by atoms with Gasteiger partial charge in [0.2, 0.25) is 9.84 Å². The molecule has 0 aliphatic carbocycles. The molecule has 0 amide bonds. The third kappa shape index (κ3) is 3.37. The predicted molar refractivity (Wildman–Crippen MR) is 75.2 cm³/mol. The van der Waals surface area contributed by atoms with Crippen LogP contribution in [0.25, 0.3) is 0 Å². The van der Waals surface area contributed by atoms with Gasteiger partial charge in [-0.25, -0.2) is 13.2 Å². The second-order valence-corrected chi connectivity index (χ2v) is 7.49. The lowest BCUT2D eigenvalue weighted by Gasteiger charge is -2.28. The Morgan fingerprint density at radius 1 is 1.20 bits per heavy atom. The van der Waals surface area contributed by atoms with Gasteiger partial charge in [0.1, 0.15) is 0 Å². The number of rotatable bonds is 4. The summed E-state index contributed by atoms with van der Waals surface area (Å²) < 4.78 is 34.9. The van der Waals surface area contributed by atoms with E-state index in [0.717, 1.165) is 0 Å². The van der Waals surface area contributed by atoms with Crippen molar-refractivity contribution < 1.29 is 22.7 Å². The molecular formula is C14H20O5S. The number of carbonyl (C=O) groups is 1. The Hall–Kier alpha value is -1.40. The average Bonchev–Trinajstić information content (AvgIpc) is 2.36. The fraction of sp³-hybridized carbons (Fsp3) is 0.500. The number of ether oxygens (including phenoxy) is 2. The minimum atomic E-state index is -3.70. The van der Waals surface area contributed by atoms with Gasteiger partial charge in [0.05, 0.1) is 17.6 Å². The van der Waals surface area contributed by atoms with Crippen molar-refractivity contribution >= 4 is 15.8 Å². The Morgan fingerprint density at radius 2 is 1.80 bits per heavy atom. The number of carbonyl (C=O) groups excluding carboxylic acids is 1. The maximum absolute atomic E-state index is 12.6. The first kappa shape index (κ1) is 16.7. The van der Waals surface area contributed by atoms with Crippen molar-refractivity contribution in [2.24, 2.45) is 5.41 Å². The van der Waals surface area contributed by atoms with E-state index in [1.54, 1.807) is 20.8 Å². The van der Waals surface area contributed by atoms with Crippen LogP contribution in [0, 0.1) is 5.41 Å². The molecule has 0 aliphatic heterocycles. The molecule has 1 aromatic rings. The first-order chi connectivity index (χ1) is 9.14. The minimum Gasteiger partial charge on any atom is -0.465 e. The number of benzene rings is 1. The van der Waals surface area contributed by atoms with E-state index >= 15 is 0 Å². The lowest BCUT2D eigenvalue weighted by molar-refractivity contribution is 0.0600. The molecule has 0 spiro atoms. The summed E-state index contributed by atoms with van der Waals surface area (Å²) in [5.74, 6) is -0.577. The van der Waals surface area contributed by atoms with Crippen LogP contribution in [-0.2, 0) is 19.3 Å². The third-order valence-electron chi connectivity index (χ3n) is 2.79. The lowest BCUT2D eigenvalue weighted by Crippen LogP contribution is -2.36. The topological polar surface area (TPSA) is 69.7 Å². The molecule has 112 valence electrons. The van der Waals surface area contributed by atoms with Crippen LogP contribution < -0.4 is 0 Å². The standard InChI is InChI=1S/C14H20O5S/c1-14(2,3)13(19-5)20(16,17)11-8-6-7-10(9-11)12(15)18-4/h6-9,13H,1-5H3. The fourth-order valence-electron chi connectivity index (χ4n) is 1.99. The first-order valence-electron chi connectivity index (χ1n) is 6.09. The van der Waals surface area contributed by atoms with Crippen LogP contribution >= 0.6 is 0 Å². The lowest BCUT2D eigenvalue weighted by atomic mass is 9.98. The Kier molecular flexibility index (Phi) is 4.94. The van der Waals surface area contributed by atoms with E-state index in [0.29, 0.717) is 0 Å². The summed E-state index contributed by atoms with van der Waals surface area (Å²) in [5, 5.41) is 0. The molecule has 0 radical (unpaired) electrons. The van der Waals surface area contributed by atoms with Gasteiger partial charge in [-0.3, -0.25) is 0 Å². The van der Waals surface area contributed by atoms with Gasteiger partial charge >= 0.3 is 5.97 Å².